The Morgan fingerprint density at radius 1 is 1.00 bits per heavy atom. The van der Waals surface area contributed by atoms with Crippen molar-refractivity contribution in [2.24, 2.45) is 0 Å². The number of carbonyl (C=O) groups excluding carboxylic acids is 3. The van der Waals surface area contributed by atoms with E-state index in [-0.39, 0.29) is 11.8 Å². The minimum Gasteiger partial charge on any atom is -0.466 e. The number of amides is 2. The Morgan fingerprint density at radius 2 is 1.78 bits per heavy atom. The number of fused-ring (bicyclic) bond motifs is 5. The molecule has 2 aromatic heterocycles. The first-order valence-electron chi connectivity index (χ1n) is 16.6. The monoisotopic (exact) mass is 619 g/mol. The Balaban J connectivity index is 1.16. The zero-order valence-electron chi connectivity index (χ0n) is 26.4. The Bertz CT molecular complexity index is 1800. The number of ether oxygens (including phenoxy) is 1. The summed E-state index contributed by atoms with van der Waals surface area (Å²) in [5.41, 5.74) is 6.94. The van der Waals surface area contributed by atoms with Crippen LogP contribution in [0.3, 0.4) is 0 Å². The highest BCUT2D eigenvalue weighted by Crippen LogP contribution is 2.45. The zero-order valence-corrected chi connectivity index (χ0v) is 26.4. The summed E-state index contributed by atoms with van der Waals surface area (Å²) in [5.74, 6) is -0.386. The van der Waals surface area contributed by atoms with E-state index in [0.29, 0.717) is 30.0 Å². The topological polar surface area (TPSA) is 118 Å². The van der Waals surface area contributed by atoms with Gasteiger partial charge in [-0.2, -0.15) is 0 Å². The van der Waals surface area contributed by atoms with Crippen LogP contribution in [0.25, 0.3) is 28.4 Å². The number of imidazole rings is 1. The molecule has 0 spiro atoms. The van der Waals surface area contributed by atoms with Crippen molar-refractivity contribution < 1.29 is 19.1 Å². The largest absolute Gasteiger partial charge is 0.466 e. The van der Waals surface area contributed by atoms with Gasteiger partial charge >= 0.3 is 5.97 Å². The normalized spacial score (nSPS) is 17.8. The average Bonchev–Trinajstić information content (AvgIpc) is 3.80. The van der Waals surface area contributed by atoms with E-state index in [1.54, 1.807) is 18.2 Å². The van der Waals surface area contributed by atoms with E-state index in [1.165, 1.54) is 67.6 Å². The smallest absolute Gasteiger partial charge is 0.330 e. The number of methoxy groups -OCH3 is 1. The fourth-order valence-corrected chi connectivity index (χ4v) is 7.78. The van der Waals surface area contributed by atoms with E-state index >= 15 is 0 Å². The maximum atomic E-state index is 13.9. The quantitative estimate of drug-likeness (QED) is 0.154. The predicted octanol–water partition coefficient (Wildman–Crippen LogP) is 6.89. The van der Waals surface area contributed by atoms with Crippen LogP contribution in [-0.2, 0) is 27.3 Å². The molecule has 7 rings (SSSR count). The molecule has 9 nitrogen and oxygen atoms in total. The lowest BCUT2D eigenvalue weighted by atomic mass is 9.82. The van der Waals surface area contributed by atoms with Gasteiger partial charge in [-0.1, -0.05) is 50.3 Å². The van der Waals surface area contributed by atoms with Crippen LogP contribution in [0.1, 0.15) is 97.3 Å². The number of benzene rings is 2. The number of aromatic amines is 1. The Labute approximate surface area is 268 Å². The summed E-state index contributed by atoms with van der Waals surface area (Å²) in [4.78, 5) is 47.3. The second kappa shape index (κ2) is 12.6. The molecule has 2 aromatic carbocycles. The molecule has 0 atom stereocenters. The molecule has 2 saturated carbocycles. The molecule has 2 fully saturated rings. The number of hydrogen-bond acceptors (Lipinski definition) is 5. The van der Waals surface area contributed by atoms with Gasteiger partial charge in [-0.25, -0.2) is 9.78 Å². The van der Waals surface area contributed by atoms with Crippen molar-refractivity contribution in [3.8, 4) is 11.4 Å². The number of aryl methyl sites for hydroxylation is 2. The summed E-state index contributed by atoms with van der Waals surface area (Å²) in [5, 5.41) is 7.42. The van der Waals surface area contributed by atoms with Crippen molar-refractivity contribution in [3.63, 3.8) is 0 Å². The van der Waals surface area contributed by atoms with Gasteiger partial charge in [0.05, 0.1) is 19.1 Å². The van der Waals surface area contributed by atoms with Crippen molar-refractivity contribution >= 4 is 40.4 Å². The first-order valence-corrected chi connectivity index (χ1v) is 16.6. The van der Waals surface area contributed by atoms with Crippen LogP contribution >= 0.6 is 0 Å². The van der Waals surface area contributed by atoms with E-state index in [1.807, 2.05) is 30.6 Å². The van der Waals surface area contributed by atoms with Crippen LogP contribution in [-0.4, -0.2) is 45.0 Å². The number of H-pyrrole nitrogens is 1. The van der Waals surface area contributed by atoms with Crippen molar-refractivity contribution in [3.05, 3.63) is 77.3 Å². The molecule has 46 heavy (non-hydrogen) atoms. The van der Waals surface area contributed by atoms with Gasteiger partial charge in [-0.15, -0.1) is 0 Å². The number of nitrogens with one attached hydrogen (secondary N) is 3. The van der Waals surface area contributed by atoms with Gasteiger partial charge in [0, 0.05) is 40.5 Å². The van der Waals surface area contributed by atoms with Crippen LogP contribution in [0.2, 0.25) is 0 Å². The van der Waals surface area contributed by atoms with Crippen LogP contribution < -0.4 is 10.6 Å². The van der Waals surface area contributed by atoms with Crippen molar-refractivity contribution in [1.29, 1.82) is 0 Å². The highest BCUT2D eigenvalue weighted by atomic mass is 16.5. The van der Waals surface area contributed by atoms with Gasteiger partial charge in [-0.3, -0.25) is 9.59 Å². The lowest BCUT2D eigenvalue weighted by molar-refractivity contribution is -0.134. The van der Waals surface area contributed by atoms with Crippen molar-refractivity contribution in [1.82, 2.24) is 19.9 Å². The van der Waals surface area contributed by atoms with Gasteiger partial charge in [0.2, 0.25) is 5.91 Å². The number of hydrogen-bond donors (Lipinski definition) is 3. The summed E-state index contributed by atoms with van der Waals surface area (Å²) in [7, 11) is 1.33. The maximum absolute atomic E-state index is 13.9. The van der Waals surface area contributed by atoms with Crippen LogP contribution in [0, 0.1) is 0 Å². The average molecular weight is 620 g/mol. The number of carbonyl (C=O) groups is 3. The highest BCUT2D eigenvalue weighted by Gasteiger charge is 2.43. The first-order chi connectivity index (χ1) is 22.5. The summed E-state index contributed by atoms with van der Waals surface area (Å²) in [6.07, 6.45) is 15.8. The molecule has 4 aromatic rings. The predicted molar refractivity (Wildman–Crippen MR) is 178 cm³/mol. The third kappa shape index (κ3) is 5.63. The number of aromatic nitrogens is 3. The standard InChI is InChI=1S/C37H41N5O4/c1-46-31(43)18-13-24-11-15-27(16-12-24)40-36(45)37(19-5-6-20-37)41-35(44)26-14-17-28-30(22-26)42-21-7-10-29-33(39-23-38-29)34(42)32(28)25-8-3-2-4-9-25/h11-18,22-23,25H,2-10,19-21H2,1H3,(H,38,39)(H,40,45)(H,41,44). The van der Waals surface area contributed by atoms with Crippen LogP contribution in [0.15, 0.2) is 54.9 Å². The minimum absolute atomic E-state index is 0.209. The Hall–Kier alpha value is -4.66. The molecular weight excluding hydrogens is 578 g/mol. The van der Waals surface area contributed by atoms with Crippen molar-refractivity contribution in [2.75, 3.05) is 12.4 Å². The maximum Gasteiger partial charge on any atom is 0.330 e. The van der Waals surface area contributed by atoms with Crippen LogP contribution in [0.5, 0.6) is 0 Å². The minimum atomic E-state index is -0.983. The molecule has 3 heterocycles. The van der Waals surface area contributed by atoms with Gasteiger partial charge in [0.15, 0.2) is 0 Å². The summed E-state index contributed by atoms with van der Waals surface area (Å²) in [6.45, 7) is 0.872. The van der Waals surface area contributed by atoms with Crippen LogP contribution in [0.4, 0.5) is 5.69 Å². The number of rotatable bonds is 7. The van der Waals surface area contributed by atoms with E-state index in [4.69, 9.17) is 4.98 Å². The second-order valence-electron chi connectivity index (χ2n) is 13.0. The molecule has 238 valence electrons. The Kier molecular flexibility index (Phi) is 8.23. The van der Waals surface area contributed by atoms with Gasteiger partial charge in [0.25, 0.3) is 5.91 Å². The lowest BCUT2D eigenvalue weighted by Crippen LogP contribution is -2.55. The fourth-order valence-electron chi connectivity index (χ4n) is 7.78. The molecule has 1 aliphatic heterocycles. The molecule has 0 saturated heterocycles. The molecular formula is C37H41N5O4. The summed E-state index contributed by atoms with van der Waals surface area (Å²) >= 11 is 0. The molecule has 0 unspecified atom stereocenters. The number of anilines is 1. The number of esters is 1. The van der Waals surface area contributed by atoms with Gasteiger partial charge in [0.1, 0.15) is 11.2 Å². The van der Waals surface area contributed by atoms with Crippen molar-refractivity contribution in [2.45, 2.75) is 88.6 Å². The third-order valence-corrected chi connectivity index (χ3v) is 10.2. The lowest BCUT2D eigenvalue weighted by Gasteiger charge is -2.29. The molecule has 2 aliphatic carbocycles. The molecule has 2 amide bonds. The summed E-state index contributed by atoms with van der Waals surface area (Å²) in [6, 6.07) is 13.3. The van der Waals surface area contributed by atoms with E-state index in [0.717, 1.165) is 49.0 Å². The molecule has 3 N–H and O–H groups in total. The highest BCUT2D eigenvalue weighted by molar-refractivity contribution is 6.06. The molecule has 9 heteroatoms. The van der Waals surface area contributed by atoms with Gasteiger partial charge < -0.3 is 24.9 Å². The van der Waals surface area contributed by atoms with E-state index in [9.17, 15) is 14.4 Å². The SMILES string of the molecule is COC(=O)C=Cc1ccc(NC(=O)C2(NC(=O)c3ccc4c(C5CCCCC5)c5n(c4c3)CCCc3[nH]cnc3-5)CCCC2)cc1. The Morgan fingerprint density at radius 3 is 2.54 bits per heavy atom. The first kappa shape index (κ1) is 30.0. The van der Waals surface area contributed by atoms with E-state index in [2.05, 4.69) is 31.0 Å². The zero-order chi connectivity index (χ0) is 31.7. The number of nitrogens with zero attached hydrogens (tertiary/aromatic N) is 2. The second-order valence-corrected chi connectivity index (χ2v) is 13.0. The van der Waals surface area contributed by atoms with Gasteiger partial charge in [-0.05, 0) is 85.9 Å². The van der Waals surface area contributed by atoms with E-state index < -0.39 is 11.5 Å². The molecule has 3 aliphatic rings. The fraction of sp³-hybridized carbons (Fsp3) is 0.405. The molecule has 0 bridgehead atoms. The molecule has 0 radical (unpaired) electrons. The summed E-state index contributed by atoms with van der Waals surface area (Å²) < 4.78 is 7.04. The third-order valence-electron chi connectivity index (χ3n) is 10.2.